The van der Waals surface area contributed by atoms with Crippen LogP contribution in [0.5, 0.6) is 0 Å². The fourth-order valence-electron chi connectivity index (χ4n) is 3.81. The van der Waals surface area contributed by atoms with Crippen LogP contribution < -0.4 is 0 Å². The van der Waals surface area contributed by atoms with Crippen LogP contribution in [0.25, 0.3) is 0 Å². The molecule has 0 aliphatic rings. The van der Waals surface area contributed by atoms with E-state index in [2.05, 4.69) is 4.74 Å². The lowest BCUT2D eigenvalue weighted by atomic mass is 9.86. The lowest BCUT2D eigenvalue weighted by Crippen LogP contribution is -2.57. The Hall–Kier alpha value is -4.60. The average Bonchev–Trinajstić information content (AvgIpc) is 0.770. The maximum Gasteiger partial charge on any atom is 0.396 e. The zero-order valence-corrected chi connectivity index (χ0v) is 67.9. The number of alkyl halides is 50. The molecule has 117 heavy (non-hydrogen) atoms. The van der Waals surface area contributed by atoms with Gasteiger partial charge in [0.25, 0.3) is 17.8 Å². The Morgan fingerprint density at radius 1 is 0.248 bits per heavy atom. The van der Waals surface area contributed by atoms with E-state index in [4.69, 9.17) is 0 Å². The maximum absolute atomic E-state index is 12.8. The third-order valence-electron chi connectivity index (χ3n) is 10.00. The van der Waals surface area contributed by atoms with E-state index in [0.717, 1.165) is 27.7 Å². The summed E-state index contributed by atoms with van der Waals surface area (Å²) in [5.74, 6) is -31.0. The number of benzene rings is 1. The van der Waals surface area contributed by atoms with E-state index in [1.165, 1.54) is 6.92 Å². The molecule has 0 saturated carbocycles. The Morgan fingerprint density at radius 2 is 0.427 bits per heavy atom. The van der Waals surface area contributed by atoms with Crippen LogP contribution in [0, 0.1) is 42.5 Å². The summed E-state index contributed by atoms with van der Waals surface area (Å²) in [5, 5.41) is 0. The highest BCUT2D eigenvalue weighted by molar-refractivity contribution is 5.27. The van der Waals surface area contributed by atoms with Gasteiger partial charge in [-0.3, -0.25) is 79.0 Å². The van der Waals surface area contributed by atoms with Gasteiger partial charge in [-0.2, -0.15) is 35.1 Å². The molecule has 4 unspecified atom stereocenters. The van der Waals surface area contributed by atoms with E-state index < -0.39 is 215 Å². The van der Waals surface area contributed by atoms with Crippen molar-refractivity contribution >= 4 is 0 Å². The Labute approximate surface area is 646 Å². The van der Waals surface area contributed by atoms with Gasteiger partial charge >= 0.3 is 24.1 Å². The second kappa shape index (κ2) is 95.2. The average molecular weight is 1900 g/mol. The Balaban J connectivity index is -0.0000000426. The number of hydrogen-bond acceptors (Lipinski definition) is 1. The van der Waals surface area contributed by atoms with Crippen molar-refractivity contribution in [3.8, 4) is 0 Å². The maximum atomic E-state index is 12.8. The minimum absolute atomic E-state index is 0.0119. The molecule has 4 atom stereocenters. The molecule has 1 aromatic carbocycles. The quantitative estimate of drug-likeness (QED) is 0.0784. The first-order valence-electron chi connectivity index (χ1n) is 28.9. The van der Waals surface area contributed by atoms with E-state index in [0.29, 0.717) is 114 Å². The SMILES string of the molecule is CC(F)(CF)C(F)(F)OC(F)(F)C(C)(F)CF.CC(F)(CF)CF.CC(F)(F)C(CF)(CF)CF.CC(F)(F)C(F)(CF)CF.CC(F)(F)CC(C)(F)CF.CC(F)(F)CC(F)(F)C(F)(F)C(C)(F)CF.CCF.CF.CF.CF.CF.CF.CF.CF.CF.CF.CF.CF.CF.CF.CF.Cc1c(F)c(F)c(C)c(F)c1F.FCF. The molecule has 0 aliphatic heterocycles. The summed E-state index contributed by atoms with van der Waals surface area (Å²) in [5.41, 5.74) is -24.7. The second-order valence-corrected chi connectivity index (χ2v) is 19.7. The number of ether oxygens (including phenoxy) is 1. The van der Waals surface area contributed by atoms with Crippen molar-refractivity contribution in [2.45, 2.75) is 178 Å². The summed E-state index contributed by atoms with van der Waals surface area (Å²) < 4.78 is 618. The molecular formula is C62H108F54O. The molecule has 0 fully saturated rings. The van der Waals surface area contributed by atoms with Crippen LogP contribution >= 0.6 is 0 Å². The predicted octanol–water partition coefficient (Wildman–Crippen LogP) is 29.7. The summed E-state index contributed by atoms with van der Waals surface area (Å²) in [6.07, 6.45) is -14.2. The summed E-state index contributed by atoms with van der Waals surface area (Å²) in [4.78, 5) is 0. The number of rotatable bonds is 23. The van der Waals surface area contributed by atoms with Gasteiger partial charge < -0.3 is 0 Å². The Kier molecular flexibility index (Phi) is 139. The van der Waals surface area contributed by atoms with Gasteiger partial charge in [0.2, 0.25) is 35.5 Å². The molecule has 0 saturated heterocycles. The van der Waals surface area contributed by atoms with Crippen molar-refractivity contribution in [1.29, 1.82) is 0 Å². The second-order valence-electron chi connectivity index (χ2n) is 19.7. The lowest BCUT2D eigenvalue weighted by Gasteiger charge is -2.35. The first kappa shape index (κ1) is 171. The van der Waals surface area contributed by atoms with Crippen LogP contribution in [-0.4, -0.2) is 269 Å². The Bertz CT molecular complexity index is 1860. The van der Waals surface area contributed by atoms with Crippen molar-refractivity contribution in [2.24, 2.45) is 5.41 Å². The molecule has 0 aliphatic carbocycles. The smallest absolute Gasteiger partial charge is 0.255 e. The van der Waals surface area contributed by atoms with Crippen LogP contribution in [0.15, 0.2) is 0 Å². The highest BCUT2D eigenvalue weighted by Gasteiger charge is 2.70. The first-order valence-corrected chi connectivity index (χ1v) is 28.9. The van der Waals surface area contributed by atoms with Crippen LogP contribution in [0.2, 0.25) is 0 Å². The molecule has 1 nitrogen and oxygen atoms in total. The van der Waals surface area contributed by atoms with E-state index >= 15 is 0 Å². The first-order chi connectivity index (χ1) is 53.1. The van der Waals surface area contributed by atoms with Gasteiger partial charge in [-0.15, -0.1) is 0 Å². The van der Waals surface area contributed by atoms with Crippen molar-refractivity contribution in [1.82, 2.24) is 0 Å². The minimum atomic E-state index is -5.51. The summed E-state index contributed by atoms with van der Waals surface area (Å²) in [7, 11) is 7.00. The van der Waals surface area contributed by atoms with Crippen LogP contribution in [0.4, 0.5) is 237 Å². The van der Waals surface area contributed by atoms with Gasteiger partial charge in [0.15, 0.2) is 28.9 Å². The third-order valence-corrected chi connectivity index (χ3v) is 10.00. The van der Waals surface area contributed by atoms with Gasteiger partial charge in [-0.05, 0) is 69.2 Å². The zero-order chi connectivity index (χ0) is 102. The topological polar surface area (TPSA) is 9.23 Å². The molecule has 1 rings (SSSR count). The summed E-state index contributed by atoms with van der Waals surface area (Å²) >= 11 is 0. The van der Waals surface area contributed by atoms with Crippen molar-refractivity contribution in [3.05, 3.63) is 34.4 Å². The standard InChI is InChI=1S/C8H10F8O.C8H10F8.C8H6F4.C6H9F5.C6H10F4.C5H7F5.C4H7F3.C2H5F.CH2F2.14CH3F/c1-5(11,3-9)7(13,14)17-8(15,16)6(2,12)4-10;1-5(10,4-9)8(15,16)7(13,14)3-6(2,11)12;1-3-5(9)7(11)4(2)8(12)6(3)10;1-5(10,11)6(2-7,3-8)4-9;1-5(8,4-7)3-6(2,9)10;1-4(8,9)5(10,2-6)3-7;1-4(7,2-5)3-6;1-2-3;2-1-3;14*1-2/h3-4H2,1-2H3;3-4H2,1-2H3;1-2H3;2-4H2,1H3;3-4H2,1-2H3;2-3H2,1H3;2-3H2,1H3;2H2,1H3;1H2;14*1H3. The highest BCUT2D eigenvalue weighted by Crippen LogP contribution is 2.49. The van der Waals surface area contributed by atoms with Gasteiger partial charge in [0, 0.05) is 31.4 Å². The molecule has 1 aromatic rings. The van der Waals surface area contributed by atoms with Crippen molar-refractivity contribution in [2.75, 3.05) is 188 Å². The van der Waals surface area contributed by atoms with Crippen molar-refractivity contribution in [3.63, 3.8) is 0 Å². The minimum Gasteiger partial charge on any atom is -0.255 e. The van der Waals surface area contributed by atoms with Gasteiger partial charge in [0.1, 0.15) is 84.5 Å². The predicted molar refractivity (Wildman–Crippen MR) is 345 cm³/mol. The van der Waals surface area contributed by atoms with E-state index in [9.17, 15) is 237 Å². The molecule has 0 heterocycles. The van der Waals surface area contributed by atoms with E-state index in [-0.39, 0.29) is 41.3 Å². The molecule has 55 heteroatoms. The lowest BCUT2D eigenvalue weighted by molar-refractivity contribution is -0.435. The summed E-state index contributed by atoms with van der Waals surface area (Å²) in [6.45, 7) is -16.1. The number of halogens is 54. The molecule has 0 amide bonds. The normalized spacial score (nSPS) is 12.4. The third kappa shape index (κ3) is 86.2. The molecule has 0 N–H and O–H groups in total. The van der Waals surface area contributed by atoms with Crippen LogP contribution in [0.3, 0.4) is 0 Å². The Morgan fingerprint density at radius 3 is 0.513 bits per heavy atom. The molecule has 0 bridgehead atoms. The zero-order valence-electron chi connectivity index (χ0n) is 67.9. The highest BCUT2D eigenvalue weighted by atomic mass is 19.3. The fourth-order valence-corrected chi connectivity index (χ4v) is 3.81. The van der Waals surface area contributed by atoms with E-state index in [1.807, 2.05) is 0 Å². The number of hydrogen-bond donors (Lipinski definition) is 0. The molecule has 740 valence electrons. The van der Waals surface area contributed by atoms with E-state index in [1.54, 1.807) is 0 Å². The van der Waals surface area contributed by atoms with Gasteiger partial charge in [0.05, 0.1) is 114 Å². The van der Waals surface area contributed by atoms with Crippen molar-refractivity contribution < 1.29 is 242 Å². The molecule has 0 spiro atoms. The monoisotopic (exact) mass is 1890 g/mol. The van der Waals surface area contributed by atoms with Gasteiger partial charge in [-0.25, -0.2) is 128 Å². The van der Waals surface area contributed by atoms with Crippen LogP contribution in [-0.2, 0) is 4.74 Å². The fraction of sp³-hybridized carbons (Fsp3) is 0.903. The van der Waals surface area contributed by atoms with Gasteiger partial charge in [-0.1, -0.05) is 0 Å². The molecular weight excluding hydrogens is 1790 g/mol. The van der Waals surface area contributed by atoms with Crippen LogP contribution in [0.1, 0.15) is 93.2 Å². The molecule has 0 radical (unpaired) electrons. The largest absolute Gasteiger partial charge is 0.396 e. The molecule has 0 aromatic heterocycles. The summed E-state index contributed by atoms with van der Waals surface area (Å²) in [6, 6.07) is 0.